The third-order valence-electron chi connectivity index (χ3n) is 5.88. The summed E-state index contributed by atoms with van der Waals surface area (Å²) in [6.45, 7) is 2.57. The van der Waals surface area contributed by atoms with Gasteiger partial charge in [0.2, 0.25) is 11.8 Å². The molecule has 160 valence electrons. The van der Waals surface area contributed by atoms with E-state index in [9.17, 15) is 8.42 Å². The average Bonchev–Trinajstić information content (AvgIpc) is 3.49. The Morgan fingerprint density at radius 2 is 1.94 bits per heavy atom. The van der Waals surface area contributed by atoms with Crippen molar-refractivity contribution in [2.45, 2.75) is 30.2 Å². The number of benzene rings is 2. The lowest BCUT2D eigenvalue weighted by Crippen LogP contribution is -2.19. The molecule has 1 atom stereocenters. The Kier molecular flexibility index (Phi) is 5.11. The van der Waals surface area contributed by atoms with Crippen molar-refractivity contribution < 1.29 is 12.8 Å². The predicted molar refractivity (Wildman–Crippen MR) is 118 cm³/mol. The van der Waals surface area contributed by atoms with Crippen LogP contribution in [0.3, 0.4) is 0 Å². The van der Waals surface area contributed by atoms with E-state index in [-0.39, 0.29) is 5.92 Å². The van der Waals surface area contributed by atoms with Crippen molar-refractivity contribution in [3.63, 3.8) is 0 Å². The molecular formula is C23H24N4O3S. The minimum atomic E-state index is -3.16. The summed E-state index contributed by atoms with van der Waals surface area (Å²) < 4.78 is 29.3. The third kappa shape index (κ3) is 4.26. The van der Waals surface area contributed by atoms with Crippen LogP contribution >= 0.6 is 0 Å². The highest BCUT2D eigenvalue weighted by atomic mass is 32.2. The molecule has 1 fully saturated rings. The van der Waals surface area contributed by atoms with E-state index in [0.717, 1.165) is 42.7 Å². The maximum Gasteiger partial charge on any atom is 0.221 e. The first-order valence-electron chi connectivity index (χ1n) is 10.3. The number of rotatable bonds is 6. The van der Waals surface area contributed by atoms with Crippen LogP contribution in [0.4, 0.5) is 0 Å². The lowest BCUT2D eigenvalue weighted by Gasteiger charge is -2.15. The van der Waals surface area contributed by atoms with Crippen molar-refractivity contribution in [3.8, 4) is 0 Å². The number of para-hydroxylation sites is 1. The molecule has 7 nitrogen and oxygen atoms in total. The SMILES string of the molecule is CS(=O)(=O)c1ccc(CN2CC[C@H](c3nnc(Cc4c[nH]c5ccccc45)o3)C2)cc1. The number of aromatic amines is 1. The van der Waals surface area contributed by atoms with Gasteiger partial charge < -0.3 is 9.40 Å². The van der Waals surface area contributed by atoms with Crippen molar-refractivity contribution in [1.82, 2.24) is 20.1 Å². The summed E-state index contributed by atoms with van der Waals surface area (Å²) in [6, 6.07) is 15.3. The van der Waals surface area contributed by atoms with Crippen molar-refractivity contribution in [3.05, 3.63) is 77.6 Å². The van der Waals surface area contributed by atoms with Crippen LogP contribution in [-0.2, 0) is 22.8 Å². The lowest BCUT2D eigenvalue weighted by atomic mass is 10.1. The van der Waals surface area contributed by atoms with E-state index < -0.39 is 9.84 Å². The van der Waals surface area contributed by atoms with Gasteiger partial charge in [-0.25, -0.2) is 8.42 Å². The van der Waals surface area contributed by atoms with Gasteiger partial charge in [0.1, 0.15) is 0 Å². The van der Waals surface area contributed by atoms with Crippen molar-refractivity contribution in [2.75, 3.05) is 19.3 Å². The monoisotopic (exact) mass is 436 g/mol. The van der Waals surface area contributed by atoms with Gasteiger partial charge in [-0.1, -0.05) is 30.3 Å². The van der Waals surface area contributed by atoms with E-state index in [1.54, 1.807) is 12.1 Å². The minimum Gasteiger partial charge on any atom is -0.425 e. The van der Waals surface area contributed by atoms with Crippen LogP contribution in [0.5, 0.6) is 0 Å². The zero-order valence-electron chi connectivity index (χ0n) is 17.3. The highest BCUT2D eigenvalue weighted by Crippen LogP contribution is 2.28. The summed E-state index contributed by atoms with van der Waals surface area (Å²) in [4.78, 5) is 5.97. The van der Waals surface area contributed by atoms with Crippen LogP contribution in [0.2, 0.25) is 0 Å². The Balaban J connectivity index is 1.22. The van der Waals surface area contributed by atoms with Crippen molar-refractivity contribution >= 4 is 20.7 Å². The molecule has 3 heterocycles. The molecule has 2 aromatic heterocycles. The molecule has 1 N–H and O–H groups in total. The fraction of sp³-hybridized carbons (Fsp3) is 0.304. The maximum atomic E-state index is 11.6. The number of nitrogens with one attached hydrogen (secondary N) is 1. The van der Waals surface area contributed by atoms with E-state index >= 15 is 0 Å². The number of nitrogens with zero attached hydrogens (tertiary/aromatic N) is 3. The van der Waals surface area contributed by atoms with Crippen LogP contribution < -0.4 is 0 Å². The molecule has 0 radical (unpaired) electrons. The summed E-state index contributed by atoms with van der Waals surface area (Å²) in [5.41, 5.74) is 3.35. The number of H-pyrrole nitrogens is 1. The largest absolute Gasteiger partial charge is 0.425 e. The fourth-order valence-electron chi connectivity index (χ4n) is 4.22. The zero-order valence-corrected chi connectivity index (χ0v) is 18.1. The van der Waals surface area contributed by atoms with Crippen LogP contribution in [0.25, 0.3) is 10.9 Å². The number of aromatic nitrogens is 3. The van der Waals surface area contributed by atoms with E-state index in [1.165, 1.54) is 11.6 Å². The summed E-state index contributed by atoms with van der Waals surface area (Å²) in [5, 5.41) is 9.77. The molecule has 1 aliphatic rings. The van der Waals surface area contributed by atoms with Crippen LogP contribution in [-0.4, -0.2) is 47.8 Å². The molecule has 5 rings (SSSR count). The maximum absolute atomic E-state index is 11.6. The Hall–Kier alpha value is -2.97. The molecule has 8 heteroatoms. The molecule has 0 unspecified atom stereocenters. The third-order valence-corrected chi connectivity index (χ3v) is 7.01. The number of sulfone groups is 1. The summed E-state index contributed by atoms with van der Waals surface area (Å²) in [6.07, 6.45) is 4.81. The first-order valence-corrected chi connectivity index (χ1v) is 12.2. The first-order chi connectivity index (χ1) is 15.0. The van der Waals surface area contributed by atoms with Gasteiger partial charge in [0, 0.05) is 36.4 Å². The fourth-order valence-corrected chi connectivity index (χ4v) is 4.85. The van der Waals surface area contributed by atoms with Gasteiger partial charge in [0.05, 0.1) is 17.2 Å². The average molecular weight is 437 g/mol. The summed E-state index contributed by atoms with van der Waals surface area (Å²) in [7, 11) is -3.16. The van der Waals surface area contributed by atoms with E-state index in [1.807, 2.05) is 30.5 Å². The Morgan fingerprint density at radius 1 is 1.13 bits per heavy atom. The molecule has 1 aliphatic heterocycles. The molecule has 0 spiro atoms. The molecule has 0 bridgehead atoms. The molecular weight excluding hydrogens is 412 g/mol. The van der Waals surface area contributed by atoms with Gasteiger partial charge >= 0.3 is 0 Å². The lowest BCUT2D eigenvalue weighted by molar-refractivity contribution is 0.318. The second kappa shape index (κ2) is 7.94. The van der Waals surface area contributed by atoms with Gasteiger partial charge in [-0.05, 0) is 42.3 Å². The molecule has 1 saturated heterocycles. The predicted octanol–water partition coefficient (Wildman–Crippen LogP) is 3.53. The van der Waals surface area contributed by atoms with E-state index in [2.05, 4.69) is 32.2 Å². The molecule has 0 aliphatic carbocycles. The number of hydrogen-bond donors (Lipinski definition) is 1. The smallest absolute Gasteiger partial charge is 0.221 e. The highest BCUT2D eigenvalue weighted by molar-refractivity contribution is 7.90. The molecule has 4 aromatic rings. The van der Waals surface area contributed by atoms with Gasteiger partial charge in [0.25, 0.3) is 0 Å². The molecule has 31 heavy (non-hydrogen) atoms. The van der Waals surface area contributed by atoms with Gasteiger partial charge in [-0.15, -0.1) is 10.2 Å². The van der Waals surface area contributed by atoms with Crippen LogP contribution in [0.1, 0.15) is 35.2 Å². The highest BCUT2D eigenvalue weighted by Gasteiger charge is 2.28. The van der Waals surface area contributed by atoms with E-state index in [4.69, 9.17) is 4.42 Å². The number of likely N-dealkylation sites (tertiary alicyclic amines) is 1. The van der Waals surface area contributed by atoms with Gasteiger partial charge in [-0.2, -0.15) is 0 Å². The van der Waals surface area contributed by atoms with Crippen LogP contribution in [0, 0.1) is 0 Å². The van der Waals surface area contributed by atoms with Crippen molar-refractivity contribution in [2.24, 2.45) is 0 Å². The summed E-state index contributed by atoms with van der Waals surface area (Å²) >= 11 is 0. The quantitative estimate of drug-likeness (QED) is 0.497. The molecule has 0 saturated carbocycles. The molecule has 2 aromatic carbocycles. The Bertz CT molecular complexity index is 1310. The number of hydrogen-bond acceptors (Lipinski definition) is 6. The zero-order chi connectivity index (χ0) is 21.4. The number of fused-ring (bicyclic) bond motifs is 1. The standard InChI is InChI=1S/C23H24N4O3S/c1-31(28,29)19-8-6-16(7-9-19)14-27-11-10-17(15-27)23-26-25-22(30-23)12-18-13-24-21-5-3-2-4-20(18)21/h2-9,13,17,24H,10-12,14-15H2,1H3/t17-/m0/s1. The Labute approximate surface area is 181 Å². The first kappa shape index (κ1) is 20.0. The normalized spacial score (nSPS) is 17.5. The van der Waals surface area contributed by atoms with Crippen molar-refractivity contribution in [1.29, 1.82) is 0 Å². The van der Waals surface area contributed by atoms with Crippen LogP contribution in [0.15, 0.2) is 64.0 Å². The topological polar surface area (TPSA) is 92.1 Å². The minimum absolute atomic E-state index is 0.222. The Morgan fingerprint density at radius 3 is 2.74 bits per heavy atom. The second-order valence-corrected chi connectivity index (χ2v) is 10.2. The molecule has 0 amide bonds. The van der Waals surface area contributed by atoms with E-state index in [0.29, 0.717) is 23.1 Å². The van der Waals surface area contributed by atoms with Gasteiger partial charge in [0.15, 0.2) is 9.84 Å². The van der Waals surface area contributed by atoms with Gasteiger partial charge in [-0.3, -0.25) is 4.90 Å². The summed E-state index contributed by atoms with van der Waals surface area (Å²) in [5.74, 6) is 1.55. The second-order valence-electron chi connectivity index (χ2n) is 8.21.